The van der Waals surface area contributed by atoms with E-state index in [1.165, 1.54) is 6.07 Å². The van der Waals surface area contributed by atoms with Crippen molar-refractivity contribution in [2.75, 3.05) is 5.17 Å². The van der Waals surface area contributed by atoms with E-state index in [0.717, 1.165) is 5.17 Å². The molecule has 1 fully saturated rings. The molecule has 7 nitrogen and oxygen atoms in total. The van der Waals surface area contributed by atoms with Gasteiger partial charge in [-0.1, -0.05) is 11.7 Å². The first-order chi connectivity index (χ1) is 7.11. The van der Waals surface area contributed by atoms with Gasteiger partial charge < -0.3 is 0 Å². The minimum Gasteiger partial charge on any atom is -0.192 e. The molecule has 8 heteroatoms. The third-order valence-corrected chi connectivity index (χ3v) is 2.21. The summed E-state index contributed by atoms with van der Waals surface area (Å²) in [6.45, 7) is 0. The highest BCUT2D eigenvalue weighted by Crippen LogP contribution is 2.19. The highest BCUT2D eigenvalue weighted by molar-refractivity contribution is 7.82. The van der Waals surface area contributed by atoms with E-state index in [1.807, 2.05) is 11.7 Å². The zero-order valence-corrected chi connectivity index (χ0v) is 8.06. The molecule has 0 amide bonds. The summed E-state index contributed by atoms with van der Waals surface area (Å²) < 4.78 is 30.0. The molecule has 1 aliphatic rings. The van der Waals surface area contributed by atoms with Crippen LogP contribution in [0.2, 0.25) is 0 Å². The van der Waals surface area contributed by atoms with Crippen LogP contribution in [-0.4, -0.2) is 8.42 Å². The predicted octanol–water partition coefficient (Wildman–Crippen LogP) is -0.00912. The van der Waals surface area contributed by atoms with Gasteiger partial charge in [0, 0.05) is 0 Å². The second kappa shape index (κ2) is 3.48. The molecule has 1 heterocycles. The van der Waals surface area contributed by atoms with Gasteiger partial charge in [-0.3, -0.25) is 0 Å². The maximum atomic E-state index is 10.8. The van der Waals surface area contributed by atoms with Gasteiger partial charge in [-0.15, -0.1) is 13.7 Å². The average molecular weight is 227 g/mol. The number of nitriles is 1. The number of nitrogens with zero attached hydrogens (tertiary/aromatic N) is 2. The third kappa shape index (κ3) is 2.05. The maximum Gasteiger partial charge on any atom is 0.440 e. The van der Waals surface area contributed by atoms with Crippen LogP contribution >= 0.6 is 0 Å². The van der Waals surface area contributed by atoms with Crippen molar-refractivity contribution in [3.63, 3.8) is 0 Å². The molecule has 15 heavy (non-hydrogen) atoms. The highest BCUT2D eigenvalue weighted by Gasteiger charge is 2.28. The van der Waals surface area contributed by atoms with Gasteiger partial charge in [0.15, 0.2) is 0 Å². The summed E-state index contributed by atoms with van der Waals surface area (Å²) in [7, 11) is -4.03. The fourth-order valence-electron chi connectivity index (χ4n) is 0.999. The molecule has 0 atom stereocenters. The number of hydrogen-bond acceptors (Lipinski definition) is 7. The molecule has 1 saturated heterocycles. The summed E-state index contributed by atoms with van der Waals surface area (Å²) in [5.74, 6) is 0. The van der Waals surface area contributed by atoms with E-state index in [0.29, 0.717) is 11.3 Å². The molecule has 78 valence electrons. The Bertz CT molecular complexity index is 521. The first-order valence-electron chi connectivity index (χ1n) is 3.80. The quantitative estimate of drug-likeness (QED) is 0.721. The van der Waals surface area contributed by atoms with Crippen molar-refractivity contribution in [2.24, 2.45) is 0 Å². The van der Waals surface area contributed by atoms with E-state index in [4.69, 9.17) is 5.26 Å². The normalized spacial score (nSPS) is 18.7. The standard InChI is InChI=1S/C7H5N3O4S/c8-5-6-2-1-3-7(4-6)10-9-13-15(11,12)14-10/h1-4,9H. The number of hydrogen-bond donors (Lipinski definition) is 1. The van der Waals surface area contributed by atoms with Crippen LogP contribution in [0.15, 0.2) is 24.3 Å². The summed E-state index contributed by atoms with van der Waals surface area (Å²) in [5, 5.41) is 9.43. The van der Waals surface area contributed by atoms with Crippen molar-refractivity contribution in [3.8, 4) is 6.07 Å². The van der Waals surface area contributed by atoms with E-state index >= 15 is 0 Å². The number of benzene rings is 1. The van der Waals surface area contributed by atoms with Crippen LogP contribution in [0.25, 0.3) is 0 Å². The van der Waals surface area contributed by atoms with Crippen LogP contribution in [-0.2, 0) is 19.0 Å². The maximum absolute atomic E-state index is 10.8. The summed E-state index contributed by atoms with van der Waals surface area (Å²) in [6.07, 6.45) is 0. The molecule has 2 rings (SSSR count). The van der Waals surface area contributed by atoms with E-state index in [2.05, 4.69) is 8.57 Å². The van der Waals surface area contributed by atoms with Crippen LogP contribution in [0.1, 0.15) is 5.56 Å². The summed E-state index contributed by atoms with van der Waals surface area (Å²) in [5.41, 5.74) is 2.75. The number of hydrazine groups is 1. The molecule has 0 saturated carbocycles. The Morgan fingerprint density at radius 2 is 2.27 bits per heavy atom. The lowest BCUT2D eigenvalue weighted by Gasteiger charge is -2.10. The largest absolute Gasteiger partial charge is 0.440 e. The minimum absolute atomic E-state index is 0.343. The number of nitrogens with one attached hydrogen (secondary N) is 1. The summed E-state index contributed by atoms with van der Waals surface area (Å²) in [4.78, 5) is 0. The van der Waals surface area contributed by atoms with Crippen molar-refractivity contribution < 1.29 is 17.0 Å². The third-order valence-electron chi connectivity index (χ3n) is 1.60. The molecule has 1 aromatic rings. The highest BCUT2D eigenvalue weighted by atomic mass is 32.3. The topological polar surface area (TPSA) is 91.7 Å². The predicted molar refractivity (Wildman–Crippen MR) is 47.9 cm³/mol. The first kappa shape index (κ1) is 9.88. The zero-order chi connectivity index (χ0) is 10.9. The minimum atomic E-state index is -4.03. The van der Waals surface area contributed by atoms with Crippen LogP contribution in [0.5, 0.6) is 0 Å². The molecule has 0 spiro atoms. The molecule has 0 aromatic heterocycles. The fraction of sp³-hybridized carbons (Fsp3) is 0. The van der Waals surface area contributed by atoms with Gasteiger partial charge in [0.05, 0.1) is 17.3 Å². The van der Waals surface area contributed by atoms with Crippen molar-refractivity contribution in [2.45, 2.75) is 0 Å². The van der Waals surface area contributed by atoms with Gasteiger partial charge in [-0.05, 0) is 18.2 Å². The molecule has 0 radical (unpaired) electrons. The van der Waals surface area contributed by atoms with Gasteiger partial charge in [-0.25, -0.2) is 0 Å². The SMILES string of the molecule is N#Cc1cccc(N2NOS(=O)(=O)O2)c1. The molecular formula is C7H5N3O4S. The first-order valence-corrected chi connectivity index (χ1v) is 5.13. The molecule has 1 aliphatic heterocycles. The fourth-order valence-corrected chi connectivity index (χ4v) is 1.49. The molecule has 0 bridgehead atoms. The lowest BCUT2D eigenvalue weighted by Crippen LogP contribution is -2.28. The van der Waals surface area contributed by atoms with Crippen molar-refractivity contribution in [1.29, 1.82) is 5.26 Å². The molecule has 0 aliphatic carbocycles. The van der Waals surface area contributed by atoms with Gasteiger partial charge in [-0.2, -0.15) is 13.7 Å². The Balaban J connectivity index is 2.29. The van der Waals surface area contributed by atoms with E-state index < -0.39 is 10.4 Å². The van der Waals surface area contributed by atoms with Gasteiger partial charge in [0.25, 0.3) is 0 Å². The molecule has 0 unspecified atom stereocenters. The lowest BCUT2D eigenvalue weighted by molar-refractivity contribution is 0.198. The van der Waals surface area contributed by atoms with Crippen molar-refractivity contribution in [3.05, 3.63) is 29.8 Å². The Labute approximate surface area is 85.6 Å². The number of rotatable bonds is 1. The molecule has 1 N–H and O–H groups in total. The average Bonchev–Trinajstić information content (AvgIpc) is 2.59. The van der Waals surface area contributed by atoms with Gasteiger partial charge in [0.1, 0.15) is 0 Å². The van der Waals surface area contributed by atoms with Crippen LogP contribution in [0.3, 0.4) is 0 Å². The van der Waals surface area contributed by atoms with Crippen LogP contribution < -0.4 is 10.8 Å². The lowest BCUT2D eigenvalue weighted by atomic mass is 10.2. The molecule has 1 aromatic carbocycles. The zero-order valence-electron chi connectivity index (χ0n) is 7.25. The summed E-state index contributed by atoms with van der Waals surface area (Å²) in [6, 6.07) is 8.07. The Kier molecular flexibility index (Phi) is 2.29. The van der Waals surface area contributed by atoms with E-state index in [9.17, 15) is 8.42 Å². The van der Waals surface area contributed by atoms with E-state index in [1.54, 1.807) is 18.2 Å². The monoisotopic (exact) mass is 227 g/mol. The second-order valence-corrected chi connectivity index (χ2v) is 3.75. The van der Waals surface area contributed by atoms with Crippen LogP contribution in [0.4, 0.5) is 5.69 Å². The number of anilines is 1. The van der Waals surface area contributed by atoms with Crippen molar-refractivity contribution in [1.82, 2.24) is 5.59 Å². The Hall–Kier alpha value is -1.66. The second-order valence-electron chi connectivity index (χ2n) is 2.61. The van der Waals surface area contributed by atoms with Gasteiger partial charge in [0.2, 0.25) is 0 Å². The van der Waals surface area contributed by atoms with Crippen molar-refractivity contribution >= 4 is 16.1 Å². The Morgan fingerprint density at radius 3 is 2.87 bits per heavy atom. The Morgan fingerprint density at radius 1 is 1.47 bits per heavy atom. The molecular weight excluding hydrogens is 222 g/mol. The van der Waals surface area contributed by atoms with E-state index in [-0.39, 0.29) is 0 Å². The smallest absolute Gasteiger partial charge is 0.192 e. The van der Waals surface area contributed by atoms with Crippen LogP contribution in [0, 0.1) is 11.3 Å². The summed E-state index contributed by atoms with van der Waals surface area (Å²) >= 11 is 0. The van der Waals surface area contributed by atoms with Gasteiger partial charge >= 0.3 is 10.4 Å².